The van der Waals surface area contributed by atoms with Gasteiger partial charge >= 0.3 is 0 Å². The second-order valence-electron chi connectivity index (χ2n) is 6.30. The van der Waals surface area contributed by atoms with Gasteiger partial charge in [-0.25, -0.2) is 4.68 Å². The fourth-order valence-electron chi connectivity index (χ4n) is 3.60. The van der Waals surface area contributed by atoms with E-state index in [0.29, 0.717) is 19.7 Å². The topological polar surface area (TPSA) is 60.3 Å². The van der Waals surface area contributed by atoms with E-state index in [1.54, 1.807) is 0 Å². The van der Waals surface area contributed by atoms with Crippen molar-refractivity contribution in [3.8, 4) is 11.3 Å². The van der Waals surface area contributed by atoms with Crippen molar-refractivity contribution in [3.63, 3.8) is 0 Å². The minimum absolute atomic E-state index is 0.0256. The number of benzene rings is 1. The Bertz CT molecular complexity index is 907. The van der Waals surface area contributed by atoms with Crippen LogP contribution in [0.5, 0.6) is 0 Å². The number of rotatable bonds is 2. The summed E-state index contributed by atoms with van der Waals surface area (Å²) in [5.74, 6) is 0.0675. The summed E-state index contributed by atoms with van der Waals surface area (Å²) in [7, 11) is 0. The number of carbonyl (C=O) groups excluding carboxylic acids is 1. The Morgan fingerprint density at radius 2 is 2.04 bits per heavy atom. The quantitative estimate of drug-likeness (QED) is 0.711. The Morgan fingerprint density at radius 3 is 2.84 bits per heavy atom. The third-order valence-electron chi connectivity index (χ3n) is 4.84. The van der Waals surface area contributed by atoms with E-state index >= 15 is 0 Å². The lowest BCUT2D eigenvalue weighted by atomic mass is 10.1. The van der Waals surface area contributed by atoms with E-state index in [4.69, 9.17) is 4.74 Å². The van der Waals surface area contributed by atoms with Gasteiger partial charge in [0.05, 0.1) is 29.3 Å². The Balaban J connectivity index is 1.44. The van der Waals surface area contributed by atoms with Crippen molar-refractivity contribution in [2.24, 2.45) is 0 Å². The van der Waals surface area contributed by atoms with Crippen molar-refractivity contribution in [2.45, 2.75) is 18.8 Å². The zero-order valence-corrected chi connectivity index (χ0v) is 14.2. The van der Waals surface area contributed by atoms with Gasteiger partial charge in [-0.2, -0.15) is 0 Å². The van der Waals surface area contributed by atoms with Crippen LogP contribution < -0.4 is 0 Å². The Labute approximate surface area is 148 Å². The molecule has 0 radical (unpaired) electrons. The molecule has 6 nitrogen and oxygen atoms in total. The van der Waals surface area contributed by atoms with Crippen LogP contribution in [-0.2, 0) is 11.3 Å². The molecule has 25 heavy (non-hydrogen) atoms. The first-order valence-corrected chi connectivity index (χ1v) is 9.13. The summed E-state index contributed by atoms with van der Waals surface area (Å²) in [6, 6.07) is 13.8. The first-order chi connectivity index (χ1) is 12.3. The van der Waals surface area contributed by atoms with Gasteiger partial charge in [-0.1, -0.05) is 41.6 Å². The van der Waals surface area contributed by atoms with Crippen LogP contribution in [0.15, 0.2) is 47.8 Å². The molecule has 0 bridgehead atoms. The minimum Gasteiger partial charge on any atom is -0.368 e. The molecular formula is C18H16N4O2S. The highest BCUT2D eigenvalue weighted by Crippen LogP contribution is 2.34. The number of aromatic nitrogens is 3. The van der Waals surface area contributed by atoms with Crippen molar-refractivity contribution < 1.29 is 9.53 Å². The molecule has 0 aliphatic carbocycles. The number of hydrogen-bond donors (Lipinski definition) is 0. The van der Waals surface area contributed by atoms with Gasteiger partial charge in [0.15, 0.2) is 0 Å². The second-order valence-corrected chi connectivity index (χ2v) is 7.25. The molecule has 2 aromatic heterocycles. The van der Waals surface area contributed by atoms with Crippen LogP contribution in [0.4, 0.5) is 0 Å². The largest absolute Gasteiger partial charge is 0.368 e. The molecular weight excluding hydrogens is 336 g/mol. The molecule has 3 aromatic rings. The molecule has 1 aromatic carbocycles. The van der Waals surface area contributed by atoms with Crippen molar-refractivity contribution in [2.75, 3.05) is 13.1 Å². The summed E-state index contributed by atoms with van der Waals surface area (Å²) < 4.78 is 8.01. The Kier molecular flexibility index (Phi) is 3.43. The normalized spacial score (nSPS) is 21.8. The van der Waals surface area contributed by atoms with Gasteiger partial charge < -0.3 is 9.64 Å². The summed E-state index contributed by atoms with van der Waals surface area (Å²) in [5, 5.41) is 10.7. The highest BCUT2D eigenvalue weighted by molar-refractivity contribution is 7.12. The fourth-order valence-corrected chi connectivity index (χ4v) is 4.29. The highest BCUT2D eigenvalue weighted by atomic mass is 32.1. The second kappa shape index (κ2) is 5.79. The van der Waals surface area contributed by atoms with E-state index in [-0.39, 0.29) is 18.1 Å². The average Bonchev–Trinajstić information content (AvgIpc) is 3.39. The van der Waals surface area contributed by atoms with E-state index in [9.17, 15) is 4.79 Å². The van der Waals surface area contributed by atoms with Gasteiger partial charge in [0.2, 0.25) is 0 Å². The maximum absolute atomic E-state index is 12.6. The SMILES string of the molecule is O=C(c1cccs1)N1CC2OCc3c(-c4ccccc4)nnn3[C@@H]2C1. The molecule has 1 fully saturated rings. The molecule has 2 aliphatic rings. The number of likely N-dealkylation sites (tertiary alicyclic amines) is 1. The zero-order chi connectivity index (χ0) is 16.8. The van der Waals surface area contributed by atoms with E-state index in [1.807, 2.05) is 57.4 Å². The number of thiophene rings is 1. The van der Waals surface area contributed by atoms with E-state index in [1.165, 1.54) is 11.3 Å². The number of ether oxygens (including phenoxy) is 1. The first kappa shape index (κ1) is 14.8. The molecule has 2 atom stereocenters. The van der Waals surface area contributed by atoms with Crippen molar-refractivity contribution in [1.82, 2.24) is 19.9 Å². The van der Waals surface area contributed by atoms with E-state index < -0.39 is 0 Å². The monoisotopic (exact) mass is 352 g/mol. The van der Waals surface area contributed by atoms with Gasteiger partial charge in [0, 0.05) is 18.7 Å². The first-order valence-electron chi connectivity index (χ1n) is 8.25. The highest BCUT2D eigenvalue weighted by Gasteiger charge is 2.42. The summed E-state index contributed by atoms with van der Waals surface area (Å²) in [4.78, 5) is 15.3. The molecule has 126 valence electrons. The number of fused-ring (bicyclic) bond motifs is 3. The summed E-state index contributed by atoms with van der Waals surface area (Å²) in [6.07, 6.45) is -0.0262. The lowest BCUT2D eigenvalue weighted by molar-refractivity contribution is -0.00461. The van der Waals surface area contributed by atoms with Gasteiger partial charge in [-0.15, -0.1) is 16.4 Å². The standard InChI is InChI=1S/C18H16N4O2S/c23-18(16-7-4-8-25-16)21-9-13-15(10-21)24-11-14-17(19-20-22(13)14)12-5-2-1-3-6-12/h1-8,13,15H,9-11H2/t13-,15?/m1/s1. The number of carbonyl (C=O) groups is 1. The molecule has 0 saturated carbocycles. The van der Waals surface area contributed by atoms with Gasteiger partial charge in [-0.05, 0) is 11.4 Å². The third-order valence-corrected chi connectivity index (χ3v) is 5.70. The number of amides is 1. The molecule has 0 spiro atoms. The van der Waals surface area contributed by atoms with Crippen LogP contribution in [0.3, 0.4) is 0 Å². The van der Waals surface area contributed by atoms with Gasteiger partial charge in [-0.3, -0.25) is 4.79 Å². The lowest BCUT2D eigenvalue weighted by Gasteiger charge is -2.26. The van der Waals surface area contributed by atoms with E-state index in [0.717, 1.165) is 21.8 Å². The minimum atomic E-state index is -0.0262. The zero-order valence-electron chi connectivity index (χ0n) is 13.4. The summed E-state index contributed by atoms with van der Waals surface area (Å²) in [5.41, 5.74) is 2.88. The lowest BCUT2D eigenvalue weighted by Crippen LogP contribution is -2.32. The van der Waals surface area contributed by atoms with Crippen molar-refractivity contribution in [3.05, 3.63) is 58.4 Å². The molecule has 1 unspecified atom stereocenters. The van der Waals surface area contributed by atoms with E-state index in [2.05, 4.69) is 10.3 Å². The van der Waals surface area contributed by atoms with Gasteiger partial charge in [0.25, 0.3) is 5.91 Å². The number of hydrogen-bond acceptors (Lipinski definition) is 5. The predicted molar refractivity (Wildman–Crippen MR) is 93.3 cm³/mol. The number of nitrogens with zero attached hydrogens (tertiary/aromatic N) is 4. The molecule has 0 N–H and O–H groups in total. The Morgan fingerprint density at radius 1 is 1.16 bits per heavy atom. The molecule has 4 heterocycles. The molecule has 7 heteroatoms. The van der Waals surface area contributed by atoms with Crippen LogP contribution in [0.1, 0.15) is 21.4 Å². The smallest absolute Gasteiger partial charge is 0.264 e. The van der Waals surface area contributed by atoms with Crippen LogP contribution in [0.2, 0.25) is 0 Å². The molecule has 1 amide bonds. The van der Waals surface area contributed by atoms with Crippen LogP contribution in [0, 0.1) is 0 Å². The Hall–Kier alpha value is -2.51. The summed E-state index contributed by atoms with van der Waals surface area (Å²) >= 11 is 1.47. The third kappa shape index (κ3) is 2.39. The van der Waals surface area contributed by atoms with Crippen LogP contribution in [-0.4, -0.2) is 45.0 Å². The van der Waals surface area contributed by atoms with Crippen molar-refractivity contribution >= 4 is 17.2 Å². The maximum Gasteiger partial charge on any atom is 0.264 e. The average molecular weight is 352 g/mol. The predicted octanol–water partition coefficient (Wildman–Crippen LogP) is 2.60. The molecule has 5 rings (SSSR count). The summed E-state index contributed by atoms with van der Waals surface area (Å²) in [6.45, 7) is 1.67. The molecule has 1 saturated heterocycles. The van der Waals surface area contributed by atoms with Gasteiger partial charge in [0.1, 0.15) is 5.69 Å². The van der Waals surface area contributed by atoms with Crippen LogP contribution in [0.25, 0.3) is 11.3 Å². The maximum atomic E-state index is 12.6. The fraction of sp³-hybridized carbons (Fsp3) is 0.278. The van der Waals surface area contributed by atoms with Crippen LogP contribution >= 0.6 is 11.3 Å². The molecule has 2 aliphatic heterocycles. The van der Waals surface area contributed by atoms with Crippen molar-refractivity contribution in [1.29, 1.82) is 0 Å².